The third-order valence-corrected chi connectivity index (χ3v) is 5.08. The second-order valence-corrected chi connectivity index (χ2v) is 7.43. The topological polar surface area (TPSA) is 72.7 Å². The Balaban J connectivity index is 1.78. The van der Waals surface area contributed by atoms with Crippen LogP contribution in [-0.4, -0.2) is 25.7 Å². The molecule has 0 aliphatic carbocycles. The van der Waals surface area contributed by atoms with Gasteiger partial charge < -0.3 is 9.88 Å². The number of carbonyl (C=O) groups is 1. The second-order valence-electron chi connectivity index (χ2n) is 6.49. The summed E-state index contributed by atoms with van der Waals surface area (Å²) in [4.78, 5) is 16.0. The molecule has 27 heavy (non-hydrogen) atoms. The molecule has 3 rings (SSSR count). The highest BCUT2D eigenvalue weighted by Crippen LogP contribution is 2.22. The average Bonchev–Trinajstić information content (AvgIpc) is 3.07. The fraction of sp³-hybridized carbons (Fsp3) is 0.300. The van der Waals surface area contributed by atoms with Gasteiger partial charge in [-0.15, -0.1) is 10.2 Å². The molecule has 0 unspecified atom stereocenters. The van der Waals surface area contributed by atoms with Gasteiger partial charge in [0.2, 0.25) is 5.91 Å². The lowest BCUT2D eigenvalue weighted by Crippen LogP contribution is -2.28. The van der Waals surface area contributed by atoms with E-state index in [0.717, 1.165) is 16.7 Å². The van der Waals surface area contributed by atoms with Crippen LogP contribution in [0.3, 0.4) is 0 Å². The Labute approximate surface area is 163 Å². The van der Waals surface area contributed by atoms with Crippen molar-refractivity contribution in [3.8, 4) is 0 Å². The molecule has 2 heterocycles. The highest BCUT2D eigenvalue weighted by molar-refractivity contribution is 7.98. The summed E-state index contributed by atoms with van der Waals surface area (Å²) in [6.45, 7) is 4.78. The molecule has 0 fully saturated rings. The Morgan fingerprint density at radius 1 is 1.07 bits per heavy atom. The maximum atomic E-state index is 11.9. The van der Waals surface area contributed by atoms with E-state index in [0.29, 0.717) is 13.1 Å². The van der Waals surface area contributed by atoms with Crippen LogP contribution < -0.4 is 5.32 Å². The molecular weight excluding hydrogens is 358 g/mol. The highest BCUT2D eigenvalue weighted by Gasteiger charge is 2.15. The number of nitrogens with one attached hydrogen (secondary N) is 1. The van der Waals surface area contributed by atoms with E-state index < -0.39 is 0 Å². The number of pyridine rings is 1. The first-order valence-corrected chi connectivity index (χ1v) is 9.87. The van der Waals surface area contributed by atoms with E-state index >= 15 is 0 Å². The van der Waals surface area contributed by atoms with E-state index in [1.807, 2.05) is 44.2 Å². The molecule has 0 aliphatic heterocycles. The molecule has 0 atom stereocenters. The summed E-state index contributed by atoms with van der Waals surface area (Å²) in [6.07, 6.45) is 3.58. The molecule has 0 saturated carbocycles. The van der Waals surface area contributed by atoms with Gasteiger partial charge in [0.1, 0.15) is 0 Å². The van der Waals surface area contributed by atoms with Crippen molar-refractivity contribution in [2.45, 2.75) is 37.8 Å². The summed E-state index contributed by atoms with van der Waals surface area (Å²) in [6, 6.07) is 14.2. The molecule has 0 saturated heterocycles. The van der Waals surface area contributed by atoms with Crippen LogP contribution in [0, 0.1) is 5.92 Å². The van der Waals surface area contributed by atoms with Crippen molar-refractivity contribution < 1.29 is 4.79 Å². The molecule has 1 aromatic carbocycles. The van der Waals surface area contributed by atoms with Gasteiger partial charge in [-0.2, -0.15) is 0 Å². The van der Waals surface area contributed by atoms with Gasteiger partial charge in [0.25, 0.3) is 0 Å². The van der Waals surface area contributed by atoms with Crippen molar-refractivity contribution in [1.82, 2.24) is 25.1 Å². The number of rotatable bonds is 8. The van der Waals surface area contributed by atoms with Crippen molar-refractivity contribution in [2.24, 2.45) is 5.92 Å². The van der Waals surface area contributed by atoms with Crippen LogP contribution in [0.5, 0.6) is 0 Å². The molecule has 0 aliphatic rings. The van der Waals surface area contributed by atoms with E-state index in [1.54, 1.807) is 24.2 Å². The number of aromatic nitrogens is 4. The van der Waals surface area contributed by atoms with E-state index in [2.05, 4.69) is 37.2 Å². The highest BCUT2D eigenvalue weighted by atomic mass is 32.2. The fourth-order valence-electron chi connectivity index (χ4n) is 2.48. The predicted molar refractivity (Wildman–Crippen MR) is 106 cm³/mol. The first-order chi connectivity index (χ1) is 13.1. The Morgan fingerprint density at radius 3 is 2.52 bits per heavy atom. The van der Waals surface area contributed by atoms with Crippen molar-refractivity contribution in [3.63, 3.8) is 0 Å². The Bertz CT molecular complexity index is 865. The molecule has 7 heteroatoms. The standard InChI is InChI=1S/C20H23N5OS/c1-15(2)19(26)22-12-18-23-24-20(27-14-17-8-10-21-11-9-17)25(18)13-16-6-4-3-5-7-16/h3-11,15H,12-14H2,1-2H3,(H,22,26). The summed E-state index contributed by atoms with van der Waals surface area (Å²) < 4.78 is 2.07. The van der Waals surface area contributed by atoms with Gasteiger partial charge in [0.05, 0.1) is 13.1 Å². The molecule has 2 aromatic heterocycles. The largest absolute Gasteiger partial charge is 0.349 e. The summed E-state index contributed by atoms with van der Waals surface area (Å²) >= 11 is 1.63. The molecule has 1 N–H and O–H groups in total. The number of nitrogens with zero attached hydrogens (tertiary/aromatic N) is 4. The zero-order chi connectivity index (χ0) is 19.1. The van der Waals surface area contributed by atoms with Crippen molar-refractivity contribution in [2.75, 3.05) is 0 Å². The minimum absolute atomic E-state index is 0.00949. The van der Waals surface area contributed by atoms with Crippen LogP contribution >= 0.6 is 11.8 Å². The lowest BCUT2D eigenvalue weighted by molar-refractivity contribution is -0.124. The zero-order valence-electron chi connectivity index (χ0n) is 15.5. The first kappa shape index (κ1) is 19.1. The predicted octanol–water partition coefficient (Wildman–Crippen LogP) is 3.29. The average molecular weight is 382 g/mol. The van der Waals surface area contributed by atoms with E-state index in [9.17, 15) is 4.79 Å². The van der Waals surface area contributed by atoms with Gasteiger partial charge in [0.15, 0.2) is 11.0 Å². The third kappa shape index (κ3) is 5.40. The van der Waals surface area contributed by atoms with Crippen LogP contribution in [0.2, 0.25) is 0 Å². The van der Waals surface area contributed by atoms with Gasteiger partial charge in [0, 0.05) is 24.1 Å². The summed E-state index contributed by atoms with van der Waals surface area (Å²) in [5.41, 5.74) is 2.35. The maximum Gasteiger partial charge on any atom is 0.222 e. The lowest BCUT2D eigenvalue weighted by Gasteiger charge is -2.12. The monoisotopic (exact) mass is 381 g/mol. The van der Waals surface area contributed by atoms with Gasteiger partial charge in [-0.3, -0.25) is 9.78 Å². The maximum absolute atomic E-state index is 11.9. The smallest absolute Gasteiger partial charge is 0.222 e. The third-order valence-electron chi connectivity index (χ3n) is 4.04. The summed E-state index contributed by atoms with van der Waals surface area (Å²) in [5.74, 6) is 1.49. The number of thioether (sulfide) groups is 1. The molecular formula is C20H23N5OS. The molecule has 0 radical (unpaired) electrons. The Morgan fingerprint density at radius 2 is 1.81 bits per heavy atom. The van der Waals surface area contributed by atoms with Gasteiger partial charge >= 0.3 is 0 Å². The van der Waals surface area contributed by atoms with Gasteiger partial charge in [-0.25, -0.2) is 0 Å². The normalized spacial score (nSPS) is 10.9. The molecule has 3 aromatic rings. The van der Waals surface area contributed by atoms with Crippen LogP contribution in [0.25, 0.3) is 0 Å². The minimum atomic E-state index is -0.0592. The lowest BCUT2D eigenvalue weighted by atomic mass is 10.2. The summed E-state index contributed by atoms with van der Waals surface area (Å²) in [5, 5.41) is 12.4. The number of hydrogen-bond acceptors (Lipinski definition) is 5. The first-order valence-electron chi connectivity index (χ1n) is 8.89. The number of benzene rings is 1. The van der Waals surface area contributed by atoms with E-state index in [-0.39, 0.29) is 11.8 Å². The van der Waals surface area contributed by atoms with Gasteiger partial charge in [-0.1, -0.05) is 55.9 Å². The van der Waals surface area contributed by atoms with Crippen LogP contribution in [0.4, 0.5) is 0 Å². The molecule has 140 valence electrons. The molecule has 6 nitrogen and oxygen atoms in total. The Kier molecular flexibility index (Phi) is 6.59. The minimum Gasteiger partial charge on any atom is -0.349 e. The Hall–Kier alpha value is -2.67. The molecule has 0 bridgehead atoms. The van der Waals surface area contributed by atoms with Crippen LogP contribution in [0.15, 0.2) is 60.0 Å². The second kappa shape index (κ2) is 9.32. The number of amides is 1. The fourth-order valence-corrected chi connectivity index (χ4v) is 3.39. The number of carbonyl (C=O) groups excluding carboxylic acids is 1. The SMILES string of the molecule is CC(C)C(=O)NCc1nnc(SCc2ccncc2)n1Cc1ccccc1. The van der Waals surface area contributed by atoms with Crippen molar-refractivity contribution >= 4 is 17.7 Å². The summed E-state index contributed by atoms with van der Waals surface area (Å²) in [7, 11) is 0. The quantitative estimate of drug-likeness (QED) is 0.606. The van der Waals surface area contributed by atoms with Crippen molar-refractivity contribution in [3.05, 3.63) is 71.8 Å². The van der Waals surface area contributed by atoms with Crippen LogP contribution in [0.1, 0.15) is 30.8 Å². The molecule has 0 spiro atoms. The van der Waals surface area contributed by atoms with Crippen LogP contribution in [-0.2, 0) is 23.6 Å². The number of hydrogen-bond donors (Lipinski definition) is 1. The zero-order valence-corrected chi connectivity index (χ0v) is 16.3. The van der Waals surface area contributed by atoms with E-state index in [1.165, 1.54) is 11.1 Å². The van der Waals surface area contributed by atoms with E-state index in [4.69, 9.17) is 0 Å². The van der Waals surface area contributed by atoms with Gasteiger partial charge in [-0.05, 0) is 23.3 Å². The van der Waals surface area contributed by atoms with Crippen molar-refractivity contribution in [1.29, 1.82) is 0 Å². The molecule has 1 amide bonds.